The molecule has 120 valence electrons. The number of urea groups is 1. The number of aryl methyl sites for hydroxylation is 1. The van der Waals surface area contributed by atoms with Crippen LogP contribution in [0, 0.1) is 5.92 Å². The maximum absolute atomic E-state index is 12.3. The first-order valence-electron chi connectivity index (χ1n) is 7.80. The van der Waals surface area contributed by atoms with Crippen molar-refractivity contribution >= 4 is 12.0 Å². The predicted octanol–water partition coefficient (Wildman–Crippen LogP) is 2.82. The molecule has 2 unspecified atom stereocenters. The number of hydrogen-bond acceptors (Lipinski definition) is 2. The molecule has 0 heterocycles. The Hall–Kier alpha value is -2.04. The van der Waals surface area contributed by atoms with E-state index in [1.165, 1.54) is 16.0 Å². The highest BCUT2D eigenvalue weighted by molar-refractivity contribution is 5.75. The van der Waals surface area contributed by atoms with Gasteiger partial charge in [-0.2, -0.15) is 0 Å². The Labute approximate surface area is 131 Å². The Morgan fingerprint density at radius 2 is 2.09 bits per heavy atom. The van der Waals surface area contributed by atoms with Gasteiger partial charge in [-0.25, -0.2) is 4.79 Å². The molecule has 0 aromatic heterocycles. The molecule has 5 nitrogen and oxygen atoms in total. The van der Waals surface area contributed by atoms with Gasteiger partial charge in [0.15, 0.2) is 0 Å². The standard InChI is InChI=1S/C17H24N2O3/c1-12-6-5-8-13-7-3-4-9-14(13)16(12)18-17(22)19(2)11-10-15(20)21/h3-4,7,9,12,16H,5-6,8,10-11H2,1-2H3,(H,18,22)(H,20,21). The lowest BCUT2D eigenvalue weighted by Crippen LogP contribution is -2.42. The number of carboxylic acid groups (broad SMARTS) is 1. The Morgan fingerprint density at radius 1 is 1.36 bits per heavy atom. The minimum absolute atomic E-state index is 0.0153. The number of rotatable bonds is 4. The van der Waals surface area contributed by atoms with Crippen LogP contribution in [0.3, 0.4) is 0 Å². The molecule has 0 fully saturated rings. The molecule has 1 aromatic rings. The van der Waals surface area contributed by atoms with Gasteiger partial charge in [0.2, 0.25) is 0 Å². The van der Waals surface area contributed by atoms with Crippen molar-refractivity contribution in [3.8, 4) is 0 Å². The number of amides is 2. The third kappa shape index (κ3) is 4.00. The van der Waals surface area contributed by atoms with Gasteiger partial charge in [0, 0.05) is 13.6 Å². The second-order valence-electron chi connectivity index (χ2n) is 6.06. The molecule has 1 aliphatic carbocycles. The number of nitrogens with zero attached hydrogens (tertiary/aromatic N) is 1. The van der Waals surface area contributed by atoms with E-state index in [0.717, 1.165) is 19.3 Å². The topological polar surface area (TPSA) is 69.6 Å². The Kier molecular flexibility index (Phi) is 5.41. The number of benzene rings is 1. The van der Waals surface area contributed by atoms with Crippen LogP contribution in [0.15, 0.2) is 24.3 Å². The number of nitrogens with one attached hydrogen (secondary N) is 1. The zero-order valence-electron chi connectivity index (χ0n) is 13.2. The van der Waals surface area contributed by atoms with Gasteiger partial charge in [-0.1, -0.05) is 31.2 Å². The molecule has 22 heavy (non-hydrogen) atoms. The lowest BCUT2D eigenvalue weighted by molar-refractivity contribution is -0.137. The maximum atomic E-state index is 12.3. The van der Waals surface area contributed by atoms with Gasteiger partial charge in [-0.3, -0.25) is 4.79 Å². The maximum Gasteiger partial charge on any atom is 0.317 e. The van der Waals surface area contributed by atoms with Crippen molar-refractivity contribution in [3.05, 3.63) is 35.4 Å². The van der Waals surface area contributed by atoms with Crippen molar-refractivity contribution in [2.24, 2.45) is 5.92 Å². The SMILES string of the molecule is CC1CCCc2ccccc2C1NC(=O)N(C)CCC(=O)O. The molecule has 2 atom stereocenters. The van der Waals surface area contributed by atoms with E-state index in [9.17, 15) is 9.59 Å². The number of hydrogen-bond donors (Lipinski definition) is 2. The van der Waals surface area contributed by atoms with E-state index < -0.39 is 5.97 Å². The van der Waals surface area contributed by atoms with E-state index in [4.69, 9.17) is 5.11 Å². The van der Waals surface area contributed by atoms with Crippen molar-refractivity contribution in [1.29, 1.82) is 0 Å². The van der Waals surface area contributed by atoms with Crippen LogP contribution in [-0.4, -0.2) is 35.6 Å². The number of fused-ring (bicyclic) bond motifs is 1. The molecule has 1 aliphatic rings. The highest BCUT2D eigenvalue weighted by atomic mass is 16.4. The number of carbonyl (C=O) groups excluding carboxylic acids is 1. The van der Waals surface area contributed by atoms with Crippen LogP contribution in [0.1, 0.15) is 43.4 Å². The van der Waals surface area contributed by atoms with E-state index in [0.29, 0.717) is 5.92 Å². The van der Waals surface area contributed by atoms with Crippen molar-refractivity contribution in [2.45, 2.75) is 38.6 Å². The molecule has 5 heteroatoms. The summed E-state index contributed by atoms with van der Waals surface area (Å²) < 4.78 is 0. The summed E-state index contributed by atoms with van der Waals surface area (Å²) in [5, 5.41) is 11.8. The molecule has 0 spiro atoms. The lowest BCUT2D eigenvalue weighted by atomic mass is 9.92. The summed E-state index contributed by atoms with van der Waals surface area (Å²) in [7, 11) is 1.63. The number of aliphatic carboxylic acids is 1. The predicted molar refractivity (Wildman–Crippen MR) is 84.7 cm³/mol. The Morgan fingerprint density at radius 3 is 2.82 bits per heavy atom. The van der Waals surface area contributed by atoms with Crippen molar-refractivity contribution < 1.29 is 14.7 Å². The molecule has 0 saturated carbocycles. The summed E-state index contributed by atoms with van der Waals surface area (Å²) in [5.74, 6) is -0.534. The second kappa shape index (κ2) is 7.29. The quantitative estimate of drug-likeness (QED) is 0.840. The zero-order valence-corrected chi connectivity index (χ0v) is 13.2. The zero-order chi connectivity index (χ0) is 16.1. The van der Waals surface area contributed by atoms with E-state index in [2.05, 4.69) is 24.4 Å². The number of carbonyl (C=O) groups is 2. The largest absolute Gasteiger partial charge is 0.481 e. The molecule has 2 amide bonds. The van der Waals surface area contributed by atoms with Crippen LogP contribution < -0.4 is 5.32 Å². The molecule has 0 bridgehead atoms. The summed E-state index contributed by atoms with van der Waals surface area (Å²) in [5.41, 5.74) is 2.48. The molecule has 0 aliphatic heterocycles. The summed E-state index contributed by atoms with van der Waals surface area (Å²) in [6, 6.07) is 8.02. The molecule has 0 saturated heterocycles. The summed E-state index contributed by atoms with van der Waals surface area (Å²) in [4.78, 5) is 24.4. The minimum atomic E-state index is -0.896. The van der Waals surface area contributed by atoms with E-state index >= 15 is 0 Å². The van der Waals surface area contributed by atoms with Gasteiger partial charge in [0.1, 0.15) is 0 Å². The monoisotopic (exact) mass is 304 g/mol. The van der Waals surface area contributed by atoms with Crippen LogP contribution in [-0.2, 0) is 11.2 Å². The third-order valence-electron chi connectivity index (χ3n) is 4.35. The van der Waals surface area contributed by atoms with Gasteiger partial charge in [0.05, 0.1) is 12.5 Å². The third-order valence-corrected chi connectivity index (χ3v) is 4.35. The highest BCUT2D eigenvalue weighted by Crippen LogP contribution is 2.32. The van der Waals surface area contributed by atoms with Crippen LogP contribution >= 0.6 is 0 Å². The fraction of sp³-hybridized carbons (Fsp3) is 0.529. The average molecular weight is 304 g/mol. The normalized spacial score (nSPS) is 20.6. The van der Waals surface area contributed by atoms with E-state index in [1.807, 2.05) is 12.1 Å². The van der Waals surface area contributed by atoms with Crippen LogP contribution in [0.4, 0.5) is 4.79 Å². The van der Waals surface area contributed by atoms with Crippen LogP contribution in [0.2, 0.25) is 0 Å². The summed E-state index contributed by atoms with van der Waals surface area (Å²) in [6.45, 7) is 2.37. The van der Waals surface area contributed by atoms with Gasteiger partial charge in [0.25, 0.3) is 0 Å². The van der Waals surface area contributed by atoms with Crippen molar-refractivity contribution in [3.63, 3.8) is 0 Å². The molecule has 2 N–H and O–H groups in total. The average Bonchev–Trinajstić information content (AvgIpc) is 2.64. The van der Waals surface area contributed by atoms with Gasteiger partial charge < -0.3 is 15.3 Å². The summed E-state index contributed by atoms with van der Waals surface area (Å²) >= 11 is 0. The Balaban J connectivity index is 2.09. The van der Waals surface area contributed by atoms with Crippen LogP contribution in [0.25, 0.3) is 0 Å². The van der Waals surface area contributed by atoms with E-state index in [1.54, 1.807) is 7.05 Å². The van der Waals surface area contributed by atoms with E-state index in [-0.39, 0.29) is 25.0 Å². The lowest BCUT2D eigenvalue weighted by Gasteiger charge is -2.27. The van der Waals surface area contributed by atoms with Gasteiger partial charge in [-0.15, -0.1) is 0 Å². The van der Waals surface area contributed by atoms with Gasteiger partial charge >= 0.3 is 12.0 Å². The molecular weight excluding hydrogens is 280 g/mol. The second-order valence-corrected chi connectivity index (χ2v) is 6.06. The summed E-state index contributed by atoms with van der Waals surface area (Å²) in [6.07, 6.45) is 3.19. The molecule has 0 radical (unpaired) electrons. The van der Waals surface area contributed by atoms with Crippen LogP contribution in [0.5, 0.6) is 0 Å². The fourth-order valence-electron chi connectivity index (χ4n) is 2.98. The van der Waals surface area contributed by atoms with Crippen molar-refractivity contribution in [1.82, 2.24) is 10.2 Å². The Bertz CT molecular complexity index is 544. The number of carboxylic acids is 1. The molecule has 2 rings (SSSR count). The first-order chi connectivity index (χ1) is 10.5. The fourth-order valence-corrected chi connectivity index (χ4v) is 2.98. The first-order valence-corrected chi connectivity index (χ1v) is 7.80. The van der Waals surface area contributed by atoms with Gasteiger partial charge in [-0.05, 0) is 36.3 Å². The highest BCUT2D eigenvalue weighted by Gasteiger charge is 2.26. The minimum Gasteiger partial charge on any atom is -0.481 e. The van der Waals surface area contributed by atoms with Crippen molar-refractivity contribution in [2.75, 3.05) is 13.6 Å². The molecule has 1 aromatic carbocycles. The first kappa shape index (κ1) is 16.3. The molecular formula is C17H24N2O3. The smallest absolute Gasteiger partial charge is 0.317 e.